The number of halogens is 1. The molecule has 3 unspecified atom stereocenters. The fourth-order valence-corrected chi connectivity index (χ4v) is 2.67. The van der Waals surface area contributed by atoms with E-state index in [9.17, 15) is 4.39 Å². The van der Waals surface area contributed by atoms with Crippen LogP contribution in [0.5, 0.6) is 0 Å². The molecule has 1 aliphatic heterocycles. The molecule has 15 heavy (non-hydrogen) atoms. The predicted molar refractivity (Wildman–Crippen MR) is 60.6 cm³/mol. The first-order valence-electron chi connectivity index (χ1n) is 5.60. The molecule has 0 spiro atoms. The number of hydrogen-bond donors (Lipinski definition) is 1. The van der Waals surface area contributed by atoms with Gasteiger partial charge in [-0.2, -0.15) is 0 Å². The second-order valence-electron chi connectivity index (χ2n) is 4.70. The highest BCUT2D eigenvalue weighted by Crippen LogP contribution is 2.32. The van der Waals surface area contributed by atoms with Gasteiger partial charge in [0.1, 0.15) is 5.82 Å². The van der Waals surface area contributed by atoms with Crippen LogP contribution in [0.4, 0.5) is 4.39 Å². The molecule has 82 valence electrons. The third kappa shape index (κ3) is 2.05. The van der Waals surface area contributed by atoms with Gasteiger partial charge in [0, 0.05) is 18.0 Å². The minimum atomic E-state index is -0.136. The van der Waals surface area contributed by atoms with Crippen molar-refractivity contribution in [3.8, 4) is 0 Å². The van der Waals surface area contributed by atoms with Crippen molar-refractivity contribution in [3.05, 3.63) is 35.1 Å². The fraction of sp³-hybridized carbons (Fsp3) is 0.538. The third-order valence-corrected chi connectivity index (χ3v) is 3.39. The highest BCUT2D eigenvalue weighted by Gasteiger charge is 2.29. The van der Waals surface area contributed by atoms with E-state index in [1.165, 1.54) is 5.56 Å². The Bertz CT molecular complexity index is 362. The summed E-state index contributed by atoms with van der Waals surface area (Å²) in [6.07, 6.45) is 1.15. The summed E-state index contributed by atoms with van der Waals surface area (Å²) in [4.78, 5) is 0. The largest absolute Gasteiger partial charge is 0.311 e. The molecule has 0 aliphatic carbocycles. The molecule has 1 aliphatic rings. The molecule has 3 atom stereocenters. The highest BCUT2D eigenvalue weighted by molar-refractivity contribution is 5.32. The van der Waals surface area contributed by atoms with Crippen molar-refractivity contribution in [1.29, 1.82) is 0 Å². The molecule has 1 aromatic carbocycles. The Labute approximate surface area is 90.7 Å². The van der Waals surface area contributed by atoms with E-state index in [0.717, 1.165) is 12.0 Å². The van der Waals surface area contributed by atoms with Crippen molar-refractivity contribution in [1.82, 2.24) is 5.32 Å². The zero-order valence-electron chi connectivity index (χ0n) is 9.55. The molecule has 1 fully saturated rings. The fourth-order valence-electron chi connectivity index (χ4n) is 2.67. The maximum absolute atomic E-state index is 13.0. The molecule has 1 saturated heterocycles. The lowest BCUT2D eigenvalue weighted by Gasteiger charge is -2.17. The number of aryl methyl sites for hydroxylation is 1. The van der Waals surface area contributed by atoms with Gasteiger partial charge in [-0.1, -0.05) is 6.07 Å². The summed E-state index contributed by atoms with van der Waals surface area (Å²) in [6, 6.07) is 6.19. The van der Waals surface area contributed by atoms with Gasteiger partial charge >= 0.3 is 0 Å². The standard InChI is InChI=1S/C13H18FN/c1-8-6-11(14)4-5-12(8)13-7-9(2)15-10(13)3/h4-6,9-10,13,15H,7H2,1-3H3. The maximum Gasteiger partial charge on any atom is 0.123 e. The topological polar surface area (TPSA) is 12.0 Å². The molecule has 2 heteroatoms. The second kappa shape index (κ2) is 3.93. The molecule has 0 saturated carbocycles. The Balaban J connectivity index is 2.29. The van der Waals surface area contributed by atoms with Crippen LogP contribution in [-0.2, 0) is 0 Å². The van der Waals surface area contributed by atoms with E-state index in [4.69, 9.17) is 0 Å². The molecule has 0 aromatic heterocycles. The van der Waals surface area contributed by atoms with Crippen LogP contribution in [0, 0.1) is 12.7 Å². The van der Waals surface area contributed by atoms with Gasteiger partial charge in [-0.15, -0.1) is 0 Å². The molecule has 2 rings (SSSR count). The van der Waals surface area contributed by atoms with Crippen molar-refractivity contribution < 1.29 is 4.39 Å². The average molecular weight is 207 g/mol. The summed E-state index contributed by atoms with van der Waals surface area (Å²) in [7, 11) is 0. The Hall–Kier alpha value is -0.890. The summed E-state index contributed by atoms with van der Waals surface area (Å²) in [5.74, 6) is 0.392. The molecule has 0 bridgehead atoms. The summed E-state index contributed by atoms with van der Waals surface area (Å²) < 4.78 is 13.0. The van der Waals surface area contributed by atoms with Crippen LogP contribution >= 0.6 is 0 Å². The smallest absolute Gasteiger partial charge is 0.123 e. The molecule has 1 heterocycles. The molecule has 0 amide bonds. The monoisotopic (exact) mass is 207 g/mol. The summed E-state index contributed by atoms with van der Waals surface area (Å²) >= 11 is 0. The maximum atomic E-state index is 13.0. The van der Waals surface area contributed by atoms with Gasteiger partial charge in [0.25, 0.3) is 0 Å². The minimum absolute atomic E-state index is 0.136. The van der Waals surface area contributed by atoms with Crippen molar-refractivity contribution >= 4 is 0 Å². The van der Waals surface area contributed by atoms with Crippen LogP contribution in [0.25, 0.3) is 0 Å². The molecule has 0 radical (unpaired) electrons. The summed E-state index contributed by atoms with van der Waals surface area (Å²) in [5, 5.41) is 3.51. The van der Waals surface area contributed by atoms with Gasteiger partial charge in [0.15, 0.2) is 0 Å². The van der Waals surface area contributed by atoms with E-state index in [1.54, 1.807) is 12.1 Å². The molecule has 1 aromatic rings. The van der Waals surface area contributed by atoms with Crippen LogP contribution in [0.2, 0.25) is 0 Å². The lowest BCUT2D eigenvalue weighted by Crippen LogP contribution is -2.26. The predicted octanol–water partition coefficient (Wildman–Crippen LogP) is 2.99. The van der Waals surface area contributed by atoms with Gasteiger partial charge in [-0.05, 0) is 50.5 Å². The molecular weight excluding hydrogens is 189 g/mol. The van der Waals surface area contributed by atoms with Crippen LogP contribution in [0.3, 0.4) is 0 Å². The lowest BCUT2D eigenvalue weighted by molar-refractivity contribution is 0.571. The Morgan fingerprint density at radius 2 is 2.07 bits per heavy atom. The molecule has 1 nitrogen and oxygen atoms in total. The first kappa shape index (κ1) is 10.6. The van der Waals surface area contributed by atoms with Gasteiger partial charge in [0.2, 0.25) is 0 Å². The van der Waals surface area contributed by atoms with Crippen molar-refractivity contribution in [2.45, 2.75) is 45.2 Å². The normalized spacial score (nSPS) is 30.8. The SMILES string of the molecule is Cc1cc(F)ccc1C1CC(C)NC1C. The first-order chi connectivity index (χ1) is 7.08. The zero-order valence-corrected chi connectivity index (χ0v) is 9.55. The number of hydrogen-bond acceptors (Lipinski definition) is 1. The number of benzene rings is 1. The van der Waals surface area contributed by atoms with Crippen molar-refractivity contribution in [2.75, 3.05) is 0 Å². The first-order valence-corrected chi connectivity index (χ1v) is 5.60. The van der Waals surface area contributed by atoms with Crippen molar-refractivity contribution in [3.63, 3.8) is 0 Å². The Morgan fingerprint density at radius 1 is 1.33 bits per heavy atom. The van der Waals surface area contributed by atoms with Crippen LogP contribution in [-0.4, -0.2) is 12.1 Å². The van der Waals surface area contributed by atoms with E-state index in [2.05, 4.69) is 19.2 Å². The molecule has 1 N–H and O–H groups in total. The molecular formula is C13H18FN. The van der Waals surface area contributed by atoms with Gasteiger partial charge in [0.05, 0.1) is 0 Å². The van der Waals surface area contributed by atoms with Crippen molar-refractivity contribution in [2.24, 2.45) is 0 Å². The summed E-state index contributed by atoms with van der Waals surface area (Å²) in [5.41, 5.74) is 2.36. The number of nitrogens with one attached hydrogen (secondary N) is 1. The van der Waals surface area contributed by atoms with Gasteiger partial charge in [-0.3, -0.25) is 0 Å². The van der Waals surface area contributed by atoms with E-state index in [-0.39, 0.29) is 5.82 Å². The Morgan fingerprint density at radius 3 is 2.60 bits per heavy atom. The third-order valence-electron chi connectivity index (χ3n) is 3.39. The van der Waals surface area contributed by atoms with Crippen LogP contribution < -0.4 is 5.32 Å². The van der Waals surface area contributed by atoms with Crippen LogP contribution in [0.1, 0.15) is 37.3 Å². The highest BCUT2D eigenvalue weighted by atomic mass is 19.1. The van der Waals surface area contributed by atoms with Gasteiger partial charge in [-0.25, -0.2) is 4.39 Å². The van der Waals surface area contributed by atoms with E-state index in [0.29, 0.717) is 18.0 Å². The van der Waals surface area contributed by atoms with E-state index in [1.807, 2.05) is 13.0 Å². The summed E-state index contributed by atoms with van der Waals surface area (Å²) in [6.45, 7) is 6.40. The van der Waals surface area contributed by atoms with E-state index < -0.39 is 0 Å². The van der Waals surface area contributed by atoms with Crippen LogP contribution in [0.15, 0.2) is 18.2 Å². The van der Waals surface area contributed by atoms with Gasteiger partial charge < -0.3 is 5.32 Å². The zero-order chi connectivity index (χ0) is 11.0. The minimum Gasteiger partial charge on any atom is -0.311 e. The quantitative estimate of drug-likeness (QED) is 0.746. The number of rotatable bonds is 1. The van der Waals surface area contributed by atoms with E-state index >= 15 is 0 Å². The average Bonchev–Trinajstić information content (AvgIpc) is 2.45. The lowest BCUT2D eigenvalue weighted by atomic mass is 9.89. The second-order valence-corrected chi connectivity index (χ2v) is 4.70. The Kier molecular flexibility index (Phi) is 2.79.